The fourth-order valence-electron chi connectivity index (χ4n) is 2.83. The Morgan fingerprint density at radius 2 is 2.11 bits per heavy atom. The predicted octanol–water partition coefficient (Wildman–Crippen LogP) is 3.35. The molecule has 100 valence electrons. The molecule has 19 heavy (non-hydrogen) atoms. The highest BCUT2D eigenvalue weighted by molar-refractivity contribution is 6.31. The summed E-state index contributed by atoms with van der Waals surface area (Å²) in [6.45, 7) is 2.83. The van der Waals surface area contributed by atoms with Crippen LogP contribution in [0.5, 0.6) is 0 Å². The van der Waals surface area contributed by atoms with Crippen LogP contribution in [0.4, 0.5) is 5.69 Å². The number of aromatic nitrogens is 2. The first-order valence-corrected chi connectivity index (χ1v) is 7.11. The van der Waals surface area contributed by atoms with Gasteiger partial charge in [0.25, 0.3) is 0 Å². The van der Waals surface area contributed by atoms with Gasteiger partial charge in [-0.15, -0.1) is 0 Å². The number of imidazole rings is 1. The van der Waals surface area contributed by atoms with Crippen LogP contribution in [0.2, 0.25) is 5.02 Å². The van der Waals surface area contributed by atoms with Crippen molar-refractivity contribution < 1.29 is 0 Å². The van der Waals surface area contributed by atoms with E-state index in [1.54, 1.807) is 0 Å². The summed E-state index contributed by atoms with van der Waals surface area (Å²) >= 11 is 6.26. The smallest absolute Gasteiger partial charge is 0.106 e. The summed E-state index contributed by atoms with van der Waals surface area (Å²) in [6.07, 6.45) is 4.73. The van der Waals surface area contributed by atoms with E-state index in [-0.39, 0.29) is 0 Å². The lowest BCUT2D eigenvalue weighted by Gasteiger charge is -2.15. The quantitative estimate of drug-likeness (QED) is 0.854. The molecule has 0 amide bonds. The molecule has 1 aromatic carbocycles. The molecule has 0 radical (unpaired) electrons. The van der Waals surface area contributed by atoms with Crippen molar-refractivity contribution in [3.05, 3.63) is 46.0 Å². The van der Waals surface area contributed by atoms with Gasteiger partial charge in [-0.3, -0.25) is 0 Å². The van der Waals surface area contributed by atoms with Crippen molar-refractivity contribution in [1.82, 2.24) is 9.55 Å². The van der Waals surface area contributed by atoms with E-state index >= 15 is 0 Å². The number of hydrogen-bond acceptors (Lipinski definition) is 2. The third kappa shape index (κ3) is 2.35. The van der Waals surface area contributed by atoms with Crippen molar-refractivity contribution in [3.8, 4) is 0 Å². The van der Waals surface area contributed by atoms with E-state index in [1.165, 1.54) is 24.2 Å². The lowest BCUT2D eigenvalue weighted by Crippen LogP contribution is -2.10. The van der Waals surface area contributed by atoms with Crippen molar-refractivity contribution >= 4 is 17.3 Å². The topological polar surface area (TPSA) is 43.8 Å². The Labute approximate surface area is 118 Å². The second kappa shape index (κ2) is 4.89. The summed E-state index contributed by atoms with van der Waals surface area (Å²) < 4.78 is 2.29. The van der Waals surface area contributed by atoms with Crippen LogP contribution in [0.3, 0.4) is 0 Å². The van der Waals surface area contributed by atoms with Gasteiger partial charge in [0.05, 0.1) is 12.2 Å². The van der Waals surface area contributed by atoms with Gasteiger partial charge in [0.2, 0.25) is 0 Å². The monoisotopic (exact) mass is 275 g/mol. The SMILES string of the molecule is Cc1nc2c(n1Cc1cc(N)ccc1Cl)CCCC2. The number of nitrogen functional groups attached to an aromatic ring is 1. The first kappa shape index (κ1) is 12.5. The number of nitrogens with two attached hydrogens (primary N) is 1. The lowest BCUT2D eigenvalue weighted by atomic mass is 10.0. The number of hydrogen-bond donors (Lipinski definition) is 1. The molecule has 0 saturated carbocycles. The molecule has 2 N–H and O–H groups in total. The van der Waals surface area contributed by atoms with E-state index in [0.717, 1.165) is 41.5 Å². The van der Waals surface area contributed by atoms with Crippen molar-refractivity contribution in [2.75, 3.05) is 5.73 Å². The summed E-state index contributed by atoms with van der Waals surface area (Å²) in [5.41, 5.74) is 10.3. The fraction of sp³-hybridized carbons (Fsp3) is 0.400. The van der Waals surface area contributed by atoms with Crippen LogP contribution in [-0.2, 0) is 19.4 Å². The second-order valence-electron chi connectivity index (χ2n) is 5.20. The molecule has 0 bridgehead atoms. The highest BCUT2D eigenvalue weighted by Gasteiger charge is 2.18. The molecule has 1 aliphatic rings. The van der Waals surface area contributed by atoms with Gasteiger partial charge in [-0.2, -0.15) is 0 Å². The summed E-state index contributed by atoms with van der Waals surface area (Å²) in [5.74, 6) is 1.07. The standard InChI is InChI=1S/C15H18ClN3/c1-10-18-14-4-2-3-5-15(14)19(10)9-11-8-12(17)6-7-13(11)16/h6-8H,2-5,9,17H2,1H3. The Hall–Kier alpha value is -1.48. The summed E-state index contributed by atoms with van der Waals surface area (Å²) in [6, 6.07) is 5.66. The molecule has 1 heterocycles. The zero-order valence-corrected chi connectivity index (χ0v) is 11.9. The van der Waals surface area contributed by atoms with E-state index < -0.39 is 0 Å². The van der Waals surface area contributed by atoms with Gasteiger partial charge in [0.15, 0.2) is 0 Å². The number of halogens is 1. The maximum Gasteiger partial charge on any atom is 0.106 e. The average molecular weight is 276 g/mol. The highest BCUT2D eigenvalue weighted by atomic mass is 35.5. The molecule has 0 atom stereocenters. The highest BCUT2D eigenvalue weighted by Crippen LogP contribution is 2.25. The molecule has 0 fully saturated rings. The number of nitrogens with zero attached hydrogens (tertiary/aromatic N) is 2. The molecule has 0 spiro atoms. The van der Waals surface area contributed by atoms with Gasteiger partial charge in [0.1, 0.15) is 5.82 Å². The molecule has 3 rings (SSSR count). The normalized spacial score (nSPS) is 14.4. The second-order valence-corrected chi connectivity index (χ2v) is 5.60. The third-order valence-corrected chi connectivity index (χ3v) is 4.19. The minimum Gasteiger partial charge on any atom is -0.399 e. The van der Waals surface area contributed by atoms with Crippen molar-refractivity contribution in [3.63, 3.8) is 0 Å². The average Bonchev–Trinajstić information content (AvgIpc) is 2.71. The molecule has 0 unspecified atom stereocenters. The number of fused-ring (bicyclic) bond motifs is 1. The van der Waals surface area contributed by atoms with E-state index in [2.05, 4.69) is 16.5 Å². The van der Waals surface area contributed by atoms with Crippen LogP contribution in [0, 0.1) is 6.92 Å². The van der Waals surface area contributed by atoms with Gasteiger partial charge >= 0.3 is 0 Å². The molecule has 1 aliphatic carbocycles. The first-order valence-electron chi connectivity index (χ1n) is 6.74. The molecular weight excluding hydrogens is 258 g/mol. The Morgan fingerprint density at radius 1 is 1.32 bits per heavy atom. The number of aryl methyl sites for hydroxylation is 2. The van der Waals surface area contributed by atoms with Crippen molar-refractivity contribution in [1.29, 1.82) is 0 Å². The van der Waals surface area contributed by atoms with E-state index in [0.29, 0.717) is 0 Å². The molecule has 0 saturated heterocycles. The van der Waals surface area contributed by atoms with Crippen molar-refractivity contribution in [2.45, 2.75) is 39.2 Å². The Morgan fingerprint density at radius 3 is 2.95 bits per heavy atom. The van der Waals surface area contributed by atoms with Crippen molar-refractivity contribution in [2.24, 2.45) is 0 Å². The zero-order valence-electron chi connectivity index (χ0n) is 11.1. The maximum atomic E-state index is 6.26. The molecule has 3 nitrogen and oxygen atoms in total. The van der Waals surface area contributed by atoms with Gasteiger partial charge in [-0.25, -0.2) is 4.98 Å². The minimum absolute atomic E-state index is 0.756. The molecule has 4 heteroatoms. The molecule has 2 aromatic rings. The molecule has 1 aromatic heterocycles. The first-order chi connectivity index (χ1) is 9.15. The fourth-order valence-corrected chi connectivity index (χ4v) is 3.01. The van der Waals surface area contributed by atoms with Crippen LogP contribution in [-0.4, -0.2) is 9.55 Å². The number of rotatable bonds is 2. The minimum atomic E-state index is 0.756. The number of benzene rings is 1. The van der Waals surface area contributed by atoms with Crippen LogP contribution in [0.1, 0.15) is 35.6 Å². The summed E-state index contributed by atoms with van der Waals surface area (Å²) in [4.78, 5) is 4.69. The van der Waals surface area contributed by atoms with Gasteiger partial charge in [-0.05, 0) is 56.4 Å². The van der Waals surface area contributed by atoms with Crippen LogP contribution in [0.15, 0.2) is 18.2 Å². The Kier molecular flexibility index (Phi) is 3.23. The zero-order chi connectivity index (χ0) is 13.4. The predicted molar refractivity (Wildman–Crippen MR) is 78.6 cm³/mol. The molecular formula is C15H18ClN3. The largest absolute Gasteiger partial charge is 0.399 e. The van der Waals surface area contributed by atoms with E-state index in [9.17, 15) is 0 Å². The van der Waals surface area contributed by atoms with Crippen LogP contribution in [0.25, 0.3) is 0 Å². The van der Waals surface area contributed by atoms with Gasteiger partial charge in [0, 0.05) is 16.4 Å². The van der Waals surface area contributed by atoms with E-state index in [1.807, 2.05) is 18.2 Å². The Bertz CT molecular complexity index is 616. The van der Waals surface area contributed by atoms with E-state index in [4.69, 9.17) is 17.3 Å². The van der Waals surface area contributed by atoms with Crippen LogP contribution < -0.4 is 5.73 Å². The summed E-state index contributed by atoms with van der Waals surface area (Å²) in [5, 5.41) is 0.770. The molecule has 0 aliphatic heterocycles. The van der Waals surface area contributed by atoms with Gasteiger partial charge < -0.3 is 10.3 Å². The maximum absolute atomic E-state index is 6.26. The summed E-state index contributed by atoms with van der Waals surface area (Å²) in [7, 11) is 0. The van der Waals surface area contributed by atoms with Gasteiger partial charge in [-0.1, -0.05) is 11.6 Å². The van der Waals surface area contributed by atoms with Crippen LogP contribution >= 0.6 is 11.6 Å². The Balaban J connectivity index is 1.99. The third-order valence-electron chi connectivity index (χ3n) is 3.82. The lowest BCUT2D eigenvalue weighted by molar-refractivity contribution is 0.624. The number of anilines is 1.